The molecule has 3 rings (SSSR count). The minimum atomic E-state index is -0.0284. The third kappa shape index (κ3) is 2.76. The predicted octanol–water partition coefficient (Wildman–Crippen LogP) is 2.25. The summed E-state index contributed by atoms with van der Waals surface area (Å²) in [5.74, 6) is 0.481. The number of carbonyl (C=O) groups is 1. The van der Waals surface area contributed by atoms with E-state index in [0.717, 1.165) is 28.0 Å². The molecule has 0 aliphatic carbocycles. The second-order valence-corrected chi connectivity index (χ2v) is 5.09. The summed E-state index contributed by atoms with van der Waals surface area (Å²) in [6.45, 7) is 2.05. The highest BCUT2D eigenvalue weighted by Gasteiger charge is 2.14. The van der Waals surface area contributed by atoms with Crippen molar-refractivity contribution >= 4 is 17.4 Å². The van der Waals surface area contributed by atoms with Crippen molar-refractivity contribution < 1.29 is 4.79 Å². The van der Waals surface area contributed by atoms with E-state index in [-0.39, 0.29) is 5.91 Å². The Balaban J connectivity index is 1.95. The first-order valence-electron chi connectivity index (χ1n) is 6.82. The number of carbonyl (C=O) groups excluding carboxylic acids is 1. The number of nitrogens with two attached hydrogens (primary N) is 1. The van der Waals surface area contributed by atoms with E-state index in [1.54, 1.807) is 6.20 Å². The summed E-state index contributed by atoms with van der Waals surface area (Å²) in [4.78, 5) is 15.2. The van der Waals surface area contributed by atoms with Crippen LogP contribution in [0.25, 0.3) is 11.1 Å². The summed E-state index contributed by atoms with van der Waals surface area (Å²) in [7, 11) is 0. The summed E-state index contributed by atoms with van der Waals surface area (Å²) in [6.07, 6.45) is 2.87. The summed E-state index contributed by atoms with van der Waals surface area (Å²) in [5.41, 5.74) is 13.5. The fraction of sp³-hybridized carbons (Fsp3) is 0.188. The van der Waals surface area contributed by atoms with Crippen LogP contribution < -0.4 is 11.2 Å². The van der Waals surface area contributed by atoms with Crippen LogP contribution in [-0.2, 0) is 4.79 Å². The normalized spacial score (nSPS) is 14.5. The van der Waals surface area contributed by atoms with Crippen LogP contribution >= 0.6 is 0 Å². The van der Waals surface area contributed by atoms with Crippen molar-refractivity contribution in [2.75, 3.05) is 5.73 Å². The van der Waals surface area contributed by atoms with E-state index in [9.17, 15) is 4.79 Å². The lowest BCUT2D eigenvalue weighted by molar-refractivity contribution is -0.121. The third-order valence-corrected chi connectivity index (χ3v) is 3.56. The molecule has 0 atom stereocenters. The molecule has 0 radical (unpaired) electrons. The topological polar surface area (TPSA) is 80.4 Å². The van der Waals surface area contributed by atoms with Crippen molar-refractivity contribution in [2.45, 2.75) is 19.8 Å². The van der Waals surface area contributed by atoms with Gasteiger partial charge in [-0.25, -0.2) is 10.4 Å². The fourth-order valence-electron chi connectivity index (χ4n) is 2.47. The number of nitrogens with zero attached hydrogens (tertiary/aromatic N) is 2. The number of hydrogen-bond donors (Lipinski definition) is 2. The van der Waals surface area contributed by atoms with Crippen LogP contribution in [-0.4, -0.2) is 16.6 Å². The van der Waals surface area contributed by atoms with E-state index in [0.29, 0.717) is 18.7 Å². The fourth-order valence-corrected chi connectivity index (χ4v) is 2.47. The average Bonchev–Trinajstić information content (AvgIpc) is 2.48. The number of anilines is 1. The van der Waals surface area contributed by atoms with E-state index >= 15 is 0 Å². The van der Waals surface area contributed by atoms with Crippen LogP contribution in [0, 0.1) is 6.92 Å². The molecule has 3 N–H and O–H groups in total. The van der Waals surface area contributed by atoms with Gasteiger partial charge in [0.05, 0.1) is 5.71 Å². The van der Waals surface area contributed by atoms with Gasteiger partial charge in [-0.15, -0.1) is 0 Å². The summed E-state index contributed by atoms with van der Waals surface area (Å²) in [5, 5.41) is 4.13. The standard InChI is InChI=1S/C16H16N4O/c1-10-8-12(14-4-5-16(21)20-19-14)2-3-13(10)11-6-7-18-15(17)9-11/h2-3,6-9H,4-5H2,1H3,(H2,17,18)(H,20,21). The zero-order valence-corrected chi connectivity index (χ0v) is 11.8. The molecular weight excluding hydrogens is 264 g/mol. The van der Waals surface area contributed by atoms with Crippen LogP contribution in [0.15, 0.2) is 41.6 Å². The lowest BCUT2D eigenvalue weighted by atomic mass is 9.96. The van der Waals surface area contributed by atoms with Gasteiger partial charge in [0.2, 0.25) is 5.91 Å². The van der Waals surface area contributed by atoms with Crippen molar-refractivity contribution in [3.05, 3.63) is 47.7 Å². The zero-order chi connectivity index (χ0) is 14.8. The number of aryl methyl sites for hydroxylation is 1. The Bertz CT molecular complexity index is 737. The van der Waals surface area contributed by atoms with Crippen LogP contribution in [0.3, 0.4) is 0 Å². The third-order valence-electron chi connectivity index (χ3n) is 3.56. The number of nitrogens with one attached hydrogen (secondary N) is 1. The quantitative estimate of drug-likeness (QED) is 0.885. The van der Waals surface area contributed by atoms with Gasteiger partial charge in [0.1, 0.15) is 5.82 Å². The minimum absolute atomic E-state index is 0.0284. The van der Waals surface area contributed by atoms with Crippen LogP contribution in [0.4, 0.5) is 5.82 Å². The van der Waals surface area contributed by atoms with Gasteiger partial charge in [-0.3, -0.25) is 4.79 Å². The number of pyridine rings is 1. The van der Waals surface area contributed by atoms with Gasteiger partial charge < -0.3 is 5.73 Å². The summed E-state index contributed by atoms with van der Waals surface area (Å²) < 4.78 is 0. The number of rotatable bonds is 2. The molecule has 1 aromatic heterocycles. The molecule has 0 bridgehead atoms. The predicted molar refractivity (Wildman–Crippen MR) is 82.7 cm³/mol. The molecule has 0 spiro atoms. The molecule has 2 aromatic rings. The van der Waals surface area contributed by atoms with Gasteiger partial charge >= 0.3 is 0 Å². The molecule has 1 aliphatic rings. The van der Waals surface area contributed by atoms with Crippen molar-refractivity contribution in [3.8, 4) is 11.1 Å². The molecule has 0 saturated heterocycles. The second kappa shape index (κ2) is 5.36. The van der Waals surface area contributed by atoms with E-state index in [1.807, 2.05) is 18.2 Å². The Morgan fingerprint density at radius 1 is 1.14 bits per heavy atom. The smallest absolute Gasteiger partial charge is 0.240 e. The summed E-state index contributed by atoms with van der Waals surface area (Å²) >= 11 is 0. The summed E-state index contributed by atoms with van der Waals surface area (Å²) in [6, 6.07) is 9.97. The largest absolute Gasteiger partial charge is 0.384 e. The van der Waals surface area contributed by atoms with Gasteiger partial charge in [0, 0.05) is 19.0 Å². The van der Waals surface area contributed by atoms with E-state index in [2.05, 4.69) is 34.6 Å². The Morgan fingerprint density at radius 2 is 2.00 bits per heavy atom. The highest BCUT2D eigenvalue weighted by atomic mass is 16.2. The van der Waals surface area contributed by atoms with Crippen LogP contribution in [0.2, 0.25) is 0 Å². The molecular formula is C16H16N4O. The highest BCUT2D eigenvalue weighted by Crippen LogP contribution is 2.26. The van der Waals surface area contributed by atoms with Gasteiger partial charge in [-0.2, -0.15) is 5.10 Å². The van der Waals surface area contributed by atoms with Crippen molar-refractivity contribution in [1.82, 2.24) is 10.4 Å². The monoisotopic (exact) mass is 280 g/mol. The first-order valence-corrected chi connectivity index (χ1v) is 6.82. The molecule has 5 nitrogen and oxygen atoms in total. The molecule has 0 fully saturated rings. The molecule has 1 aliphatic heterocycles. The SMILES string of the molecule is Cc1cc(C2=NNC(=O)CC2)ccc1-c1ccnc(N)c1. The number of benzene rings is 1. The number of aromatic nitrogens is 1. The number of hydrogen-bond acceptors (Lipinski definition) is 4. The Hall–Kier alpha value is -2.69. The maximum atomic E-state index is 11.1. The Morgan fingerprint density at radius 3 is 2.67 bits per heavy atom. The molecule has 5 heteroatoms. The minimum Gasteiger partial charge on any atom is -0.384 e. The first-order chi connectivity index (χ1) is 10.1. The molecule has 1 amide bonds. The number of amides is 1. The highest BCUT2D eigenvalue weighted by molar-refractivity contribution is 6.04. The van der Waals surface area contributed by atoms with Crippen LogP contribution in [0.1, 0.15) is 24.0 Å². The van der Waals surface area contributed by atoms with Gasteiger partial charge in [0.25, 0.3) is 0 Å². The van der Waals surface area contributed by atoms with E-state index in [1.165, 1.54) is 0 Å². The molecule has 21 heavy (non-hydrogen) atoms. The Kier molecular flexibility index (Phi) is 3.39. The van der Waals surface area contributed by atoms with Gasteiger partial charge in [-0.1, -0.05) is 12.1 Å². The zero-order valence-electron chi connectivity index (χ0n) is 11.8. The van der Waals surface area contributed by atoms with Gasteiger partial charge in [0.15, 0.2) is 0 Å². The van der Waals surface area contributed by atoms with E-state index < -0.39 is 0 Å². The molecule has 1 aromatic carbocycles. The first kappa shape index (κ1) is 13.3. The second-order valence-electron chi connectivity index (χ2n) is 5.09. The maximum Gasteiger partial charge on any atom is 0.240 e. The molecule has 2 heterocycles. The van der Waals surface area contributed by atoms with Crippen molar-refractivity contribution in [2.24, 2.45) is 5.10 Å². The van der Waals surface area contributed by atoms with E-state index in [4.69, 9.17) is 5.73 Å². The van der Waals surface area contributed by atoms with Crippen molar-refractivity contribution in [1.29, 1.82) is 0 Å². The molecule has 0 unspecified atom stereocenters. The van der Waals surface area contributed by atoms with Crippen LogP contribution in [0.5, 0.6) is 0 Å². The van der Waals surface area contributed by atoms with Crippen molar-refractivity contribution in [3.63, 3.8) is 0 Å². The van der Waals surface area contributed by atoms with Gasteiger partial charge in [-0.05, 0) is 47.4 Å². The number of hydrazone groups is 1. The Labute approximate surface area is 122 Å². The number of nitrogen functional groups attached to an aromatic ring is 1. The molecule has 106 valence electrons. The molecule has 0 saturated carbocycles. The lowest BCUT2D eigenvalue weighted by Gasteiger charge is -2.14. The maximum absolute atomic E-state index is 11.1. The lowest BCUT2D eigenvalue weighted by Crippen LogP contribution is -2.25. The average molecular weight is 280 g/mol.